The number of nitrogens with zero attached hydrogens (tertiary/aromatic N) is 2. The third-order valence-electron chi connectivity index (χ3n) is 5.48. The lowest BCUT2D eigenvalue weighted by Crippen LogP contribution is -2.67. The fourth-order valence-corrected chi connectivity index (χ4v) is 5.10. The van der Waals surface area contributed by atoms with Crippen molar-refractivity contribution in [2.45, 2.75) is 49.3 Å². The van der Waals surface area contributed by atoms with Gasteiger partial charge in [0, 0.05) is 0 Å². The third-order valence-corrected chi connectivity index (χ3v) is 8.12. The van der Waals surface area contributed by atoms with Crippen LogP contribution in [0, 0.1) is 5.92 Å². The van der Waals surface area contributed by atoms with Crippen LogP contribution in [-0.2, 0) is 19.3 Å². The van der Waals surface area contributed by atoms with Crippen molar-refractivity contribution in [3.63, 3.8) is 0 Å². The molecule has 0 aromatic heterocycles. The molecule has 2 N–H and O–H groups in total. The molecule has 2 rings (SSSR count). The van der Waals surface area contributed by atoms with Crippen LogP contribution < -0.4 is 5.73 Å². The number of alkyl halides is 2. The van der Waals surface area contributed by atoms with Crippen molar-refractivity contribution in [2.24, 2.45) is 21.6 Å². The second-order valence-corrected chi connectivity index (χ2v) is 10.2. The van der Waals surface area contributed by atoms with Crippen LogP contribution in [0.5, 0.6) is 0 Å². The number of ether oxygens (including phenoxy) is 2. The summed E-state index contributed by atoms with van der Waals surface area (Å²) in [6, 6.07) is 0. The lowest BCUT2D eigenvalue weighted by atomic mass is 9.79. The van der Waals surface area contributed by atoms with Crippen LogP contribution in [0.4, 0.5) is 13.2 Å². The molecule has 0 fully saturated rings. The molecule has 2 aliphatic rings. The van der Waals surface area contributed by atoms with Gasteiger partial charge in [0.25, 0.3) is 0 Å². The Morgan fingerprint density at radius 1 is 1.33 bits per heavy atom. The summed E-state index contributed by atoms with van der Waals surface area (Å²) in [5.41, 5.74) is 3.22. The first-order valence-electron chi connectivity index (χ1n) is 9.14. The minimum absolute atomic E-state index is 0.0676. The highest BCUT2D eigenvalue weighted by Crippen LogP contribution is 2.54. The maximum absolute atomic E-state index is 15.3. The summed E-state index contributed by atoms with van der Waals surface area (Å²) in [5, 5.41) is -4.38. The molecule has 0 spiro atoms. The SMILES string of the molecule is C=N/C=C/OCCO[C@@H](C)C1=CC=C(F)C1[C@@]1(C)N=C(N)C(C)(C)S(=O)(=O)C1(F)F. The molecule has 7 nitrogen and oxygen atoms in total. The molecule has 1 aliphatic heterocycles. The fourth-order valence-electron chi connectivity index (χ4n) is 3.43. The van der Waals surface area contributed by atoms with E-state index in [9.17, 15) is 12.8 Å². The molecule has 0 amide bonds. The van der Waals surface area contributed by atoms with Crippen LogP contribution in [0.2, 0.25) is 0 Å². The Morgan fingerprint density at radius 3 is 2.57 bits per heavy atom. The average molecular weight is 449 g/mol. The minimum atomic E-state index is -5.13. The second-order valence-electron chi connectivity index (χ2n) is 7.68. The van der Waals surface area contributed by atoms with Crippen LogP contribution >= 0.6 is 0 Å². The normalized spacial score (nSPS) is 30.4. The zero-order chi connectivity index (χ0) is 23.0. The highest BCUT2D eigenvalue weighted by atomic mass is 32.2. The molecule has 0 saturated heterocycles. The summed E-state index contributed by atoms with van der Waals surface area (Å²) >= 11 is 0. The number of halogens is 3. The first-order chi connectivity index (χ1) is 13.8. The van der Waals surface area contributed by atoms with Gasteiger partial charge in [-0.25, -0.2) is 12.8 Å². The van der Waals surface area contributed by atoms with Gasteiger partial charge in [0.05, 0.1) is 24.8 Å². The predicted octanol–water partition coefficient (Wildman–Crippen LogP) is 2.91. The van der Waals surface area contributed by atoms with E-state index in [2.05, 4.69) is 16.7 Å². The Hall–Kier alpha value is -2.14. The Balaban J connectivity index is 2.35. The van der Waals surface area contributed by atoms with Gasteiger partial charge in [-0.2, -0.15) is 8.78 Å². The number of aliphatic imine (C=N–C) groups is 2. The third kappa shape index (κ3) is 3.58. The lowest BCUT2D eigenvalue weighted by Gasteiger charge is -2.46. The van der Waals surface area contributed by atoms with E-state index < -0.39 is 49.1 Å². The molecule has 0 aromatic rings. The van der Waals surface area contributed by atoms with Crippen molar-refractivity contribution in [2.75, 3.05) is 13.2 Å². The first kappa shape index (κ1) is 24.1. The monoisotopic (exact) mass is 449 g/mol. The highest BCUT2D eigenvalue weighted by Gasteiger charge is 2.72. The Kier molecular flexibility index (Phi) is 6.58. The van der Waals surface area contributed by atoms with E-state index in [1.807, 2.05) is 0 Å². The number of amidine groups is 1. The van der Waals surface area contributed by atoms with Crippen molar-refractivity contribution < 1.29 is 31.1 Å². The van der Waals surface area contributed by atoms with E-state index in [4.69, 9.17) is 15.2 Å². The summed E-state index contributed by atoms with van der Waals surface area (Å²) in [7, 11) is -5.13. The van der Waals surface area contributed by atoms with Gasteiger partial charge < -0.3 is 15.2 Å². The Labute approximate surface area is 174 Å². The fraction of sp³-hybridized carbons (Fsp3) is 0.579. The van der Waals surface area contributed by atoms with Crippen LogP contribution in [0.15, 0.2) is 46.0 Å². The van der Waals surface area contributed by atoms with E-state index in [0.29, 0.717) is 0 Å². The minimum Gasteiger partial charge on any atom is -0.497 e. The van der Waals surface area contributed by atoms with Crippen LogP contribution in [0.25, 0.3) is 0 Å². The summed E-state index contributed by atoms with van der Waals surface area (Å²) in [6.45, 7) is 7.98. The smallest absolute Gasteiger partial charge is 0.371 e. The first-order valence-corrected chi connectivity index (χ1v) is 10.6. The zero-order valence-electron chi connectivity index (χ0n) is 17.2. The summed E-state index contributed by atoms with van der Waals surface area (Å²) < 4.78 is 79.3. The molecule has 168 valence electrons. The Bertz CT molecular complexity index is 925. The van der Waals surface area contributed by atoms with Gasteiger partial charge in [-0.1, -0.05) is 6.08 Å². The molecular weight excluding hydrogens is 423 g/mol. The molecule has 3 atom stereocenters. The Morgan fingerprint density at radius 2 is 1.97 bits per heavy atom. The number of rotatable bonds is 8. The van der Waals surface area contributed by atoms with Gasteiger partial charge in [0.1, 0.15) is 29.3 Å². The van der Waals surface area contributed by atoms with Crippen LogP contribution in [-0.4, -0.2) is 55.8 Å². The van der Waals surface area contributed by atoms with Crippen LogP contribution in [0.1, 0.15) is 27.7 Å². The standard InChI is InChI=1S/C19H26F3N3O4S/c1-12(29-11-10-28-9-8-24-5)13-6-7-14(20)15(13)18(4)19(21,22)30(26,27)17(2,3)16(23)25-18/h6-9,12,15H,5,10-11H2,1-4H3,(H2,23,25)/b9-8+/t12-,15?,18+/m0/s1. The molecule has 0 radical (unpaired) electrons. The molecule has 0 saturated carbocycles. The molecule has 0 aromatic carbocycles. The molecule has 1 aliphatic carbocycles. The van der Waals surface area contributed by atoms with Crippen molar-refractivity contribution in [1.82, 2.24) is 0 Å². The lowest BCUT2D eigenvalue weighted by molar-refractivity contribution is -0.0153. The largest absolute Gasteiger partial charge is 0.497 e. The number of sulfone groups is 1. The van der Waals surface area contributed by atoms with Gasteiger partial charge in [0.2, 0.25) is 9.84 Å². The second kappa shape index (κ2) is 8.18. The van der Waals surface area contributed by atoms with Gasteiger partial charge in [0.15, 0.2) is 5.54 Å². The van der Waals surface area contributed by atoms with Crippen molar-refractivity contribution in [3.8, 4) is 0 Å². The molecular formula is C19H26F3N3O4S. The van der Waals surface area contributed by atoms with Gasteiger partial charge in [-0.3, -0.25) is 9.98 Å². The van der Waals surface area contributed by atoms with Crippen LogP contribution in [0.3, 0.4) is 0 Å². The number of nitrogens with two attached hydrogens (primary N) is 1. The van der Waals surface area contributed by atoms with Gasteiger partial charge >= 0.3 is 5.25 Å². The summed E-state index contributed by atoms with van der Waals surface area (Å²) in [6.07, 6.45) is 4.12. The average Bonchev–Trinajstić information content (AvgIpc) is 3.05. The summed E-state index contributed by atoms with van der Waals surface area (Å²) in [4.78, 5) is 7.30. The topological polar surface area (TPSA) is 103 Å². The molecule has 1 heterocycles. The van der Waals surface area contributed by atoms with E-state index in [0.717, 1.165) is 26.8 Å². The van der Waals surface area contributed by atoms with Crippen molar-refractivity contribution in [1.29, 1.82) is 0 Å². The van der Waals surface area contributed by atoms with E-state index >= 15 is 8.78 Å². The molecule has 1 unspecified atom stereocenters. The van der Waals surface area contributed by atoms with Gasteiger partial charge in [-0.15, -0.1) is 0 Å². The molecule has 11 heteroatoms. The molecule has 30 heavy (non-hydrogen) atoms. The molecule has 0 bridgehead atoms. The number of allylic oxidation sites excluding steroid dienone is 2. The van der Waals surface area contributed by atoms with E-state index in [1.165, 1.54) is 18.5 Å². The number of hydrogen-bond donors (Lipinski definition) is 1. The summed E-state index contributed by atoms with van der Waals surface area (Å²) in [5.74, 6) is -3.09. The highest BCUT2D eigenvalue weighted by molar-refractivity contribution is 7.94. The maximum Gasteiger partial charge on any atom is 0.371 e. The van der Waals surface area contributed by atoms with Gasteiger partial charge in [-0.05, 0) is 46.1 Å². The quantitative estimate of drug-likeness (QED) is 0.349. The number of hydrogen-bond acceptors (Lipinski definition) is 7. The van der Waals surface area contributed by atoms with E-state index in [1.54, 1.807) is 6.92 Å². The predicted molar refractivity (Wildman–Crippen MR) is 109 cm³/mol. The maximum atomic E-state index is 15.3. The van der Waals surface area contributed by atoms with Crippen molar-refractivity contribution >= 4 is 22.4 Å². The van der Waals surface area contributed by atoms with Crippen molar-refractivity contribution in [3.05, 3.63) is 36.0 Å². The zero-order valence-corrected chi connectivity index (χ0v) is 18.0. The van der Waals surface area contributed by atoms with E-state index in [-0.39, 0.29) is 18.8 Å².